The Hall–Kier alpha value is -1.17. The summed E-state index contributed by atoms with van der Waals surface area (Å²) in [6.07, 6.45) is 2.62. The van der Waals surface area contributed by atoms with Gasteiger partial charge in [-0.05, 0) is 15.9 Å². The molecular weight excluding hydrogens is 212 g/mol. The highest BCUT2D eigenvalue weighted by molar-refractivity contribution is 9.10. The Kier molecular flexibility index (Phi) is 1.28. The first-order chi connectivity index (χ1) is 5.29. The van der Waals surface area contributed by atoms with Crippen LogP contribution in [-0.4, -0.2) is 24.9 Å². The van der Waals surface area contributed by atoms with Crippen molar-refractivity contribution in [1.29, 1.82) is 0 Å². The van der Waals surface area contributed by atoms with Crippen molar-refractivity contribution in [3.8, 4) is 11.5 Å². The van der Waals surface area contributed by atoms with Gasteiger partial charge in [0.05, 0.1) is 0 Å². The summed E-state index contributed by atoms with van der Waals surface area (Å²) in [7, 11) is 0. The molecule has 0 aliphatic carbocycles. The van der Waals surface area contributed by atoms with E-state index < -0.39 is 0 Å². The minimum atomic E-state index is 0.395. The number of fused-ring (bicyclic) bond motifs is 1. The monoisotopic (exact) mass is 214 g/mol. The van der Waals surface area contributed by atoms with E-state index in [0.29, 0.717) is 16.1 Å². The third-order valence-corrected chi connectivity index (χ3v) is 1.85. The molecule has 6 heteroatoms. The Labute approximate surface area is 70.2 Å². The van der Waals surface area contributed by atoms with Gasteiger partial charge >= 0.3 is 0 Å². The van der Waals surface area contributed by atoms with E-state index in [1.807, 2.05) is 0 Å². The molecule has 2 heterocycles. The highest BCUT2D eigenvalue weighted by Gasteiger charge is 2.13. The summed E-state index contributed by atoms with van der Waals surface area (Å²) in [5, 5.41) is 9.12. The average Bonchev–Trinajstić information content (AvgIpc) is 2.45. The molecule has 0 aromatic rings. The molecule has 0 aromatic carbocycles. The van der Waals surface area contributed by atoms with E-state index in [9.17, 15) is 0 Å². The van der Waals surface area contributed by atoms with Crippen LogP contribution in [0.2, 0.25) is 0 Å². The van der Waals surface area contributed by atoms with Crippen LogP contribution in [0.4, 0.5) is 0 Å². The fraction of sp³-hybridized carbons (Fsp3) is 0. The summed E-state index contributed by atoms with van der Waals surface area (Å²) in [5.41, 5.74) is 0.551. The maximum atomic E-state index is 9.12. The first kappa shape index (κ1) is 6.53. The molecule has 0 fully saturated rings. The van der Waals surface area contributed by atoms with Crippen LogP contribution in [0.5, 0.6) is 0 Å². The van der Waals surface area contributed by atoms with Crippen LogP contribution in [0.25, 0.3) is 11.5 Å². The SMILES string of the molecule is On1cnc(Br)c2ncnc1-2. The first-order valence-corrected chi connectivity index (χ1v) is 3.61. The molecule has 0 atom stereocenters. The molecule has 2 aliphatic rings. The van der Waals surface area contributed by atoms with Gasteiger partial charge in [-0.2, -0.15) is 4.73 Å². The Morgan fingerprint density at radius 3 is 2.91 bits per heavy atom. The fourth-order valence-corrected chi connectivity index (χ4v) is 1.17. The van der Waals surface area contributed by atoms with Crippen molar-refractivity contribution in [2.75, 3.05) is 0 Å². The fourth-order valence-electron chi connectivity index (χ4n) is 0.795. The van der Waals surface area contributed by atoms with Gasteiger partial charge in [0.2, 0.25) is 0 Å². The van der Waals surface area contributed by atoms with Gasteiger partial charge in [0, 0.05) is 0 Å². The predicted octanol–water partition coefficient (Wildman–Crippen LogP) is 0.778. The largest absolute Gasteiger partial charge is 0.425 e. The van der Waals surface area contributed by atoms with Crippen LogP contribution in [0.15, 0.2) is 17.3 Å². The maximum Gasteiger partial charge on any atom is 0.199 e. The van der Waals surface area contributed by atoms with Crippen LogP contribution in [0, 0.1) is 0 Å². The zero-order chi connectivity index (χ0) is 7.84. The lowest BCUT2D eigenvalue weighted by Gasteiger charge is -2.01. The molecule has 0 amide bonds. The summed E-state index contributed by atoms with van der Waals surface area (Å²) in [4.78, 5) is 11.5. The van der Waals surface area contributed by atoms with E-state index in [-0.39, 0.29) is 0 Å². The smallest absolute Gasteiger partial charge is 0.199 e. The van der Waals surface area contributed by atoms with E-state index in [1.165, 1.54) is 12.7 Å². The number of rotatable bonds is 0. The zero-order valence-electron chi connectivity index (χ0n) is 5.27. The van der Waals surface area contributed by atoms with Crippen molar-refractivity contribution in [2.45, 2.75) is 0 Å². The van der Waals surface area contributed by atoms with Crippen molar-refractivity contribution < 1.29 is 5.21 Å². The van der Waals surface area contributed by atoms with Crippen LogP contribution in [0.1, 0.15) is 0 Å². The molecule has 5 nitrogen and oxygen atoms in total. The van der Waals surface area contributed by atoms with Crippen molar-refractivity contribution in [1.82, 2.24) is 19.7 Å². The van der Waals surface area contributed by atoms with Gasteiger partial charge in [0.25, 0.3) is 0 Å². The molecule has 2 aliphatic heterocycles. The second kappa shape index (κ2) is 2.16. The van der Waals surface area contributed by atoms with Gasteiger partial charge in [-0.3, -0.25) is 0 Å². The molecule has 0 spiro atoms. The first-order valence-electron chi connectivity index (χ1n) is 2.82. The molecule has 1 N–H and O–H groups in total. The van der Waals surface area contributed by atoms with Gasteiger partial charge < -0.3 is 5.21 Å². The van der Waals surface area contributed by atoms with Crippen LogP contribution in [-0.2, 0) is 0 Å². The molecule has 0 saturated heterocycles. The summed E-state index contributed by atoms with van der Waals surface area (Å²) in [6.45, 7) is 0. The quantitative estimate of drug-likeness (QED) is 0.520. The van der Waals surface area contributed by atoms with E-state index in [0.717, 1.165) is 4.73 Å². The second-order valence-corrected chi connectivity index (χ2v) is 2.68. The van der Waals surface area contributed by atoms with Gasteiger partial charge in [-0.15, -0.1) is 0 Å². The maximum absolute atomic E-state index is 9.12. The van der Waals surface area contributed by atoms with Crippen molar-refractivity contribution in [3.63, 3.8) is 0 Å². The van der Waals surface area contributed by atoms with Gasteiger partial charge in [-0.1, -0.05) is 0 Å². The Balaban J connectivity index is 2.82. The number of hydrogen-bond donors (Lipinski definition) is 1. The number of aromatic nitrogens is 4. The molecule has 0 radical (unpaired) electrons. The molecule has 2 rings (SSSR count). The number of halogens is 1. The predicted molar refractivity (Wildman–Crippen MR) is 39.3 cm³/mol. The highest BCUT2D eigenvalue weighted by atomic mass is 79.9. The van der Waals surface area contributed by atoms with Crippen LogP contribution in [0.3, 0.4) is 0 Å². The summed E-state index contributed by atoms with van der Waals surface area (Å²) in [5.74, 6) is 0.395. The van der Waals surface area contributed by atoms with E-state index in [1.54, 1.807) is 0 Å². The summed E-state index contributed by atoms with van der Waals surface area (Å²) in [6, 6.07) is 0. The zero-order valence-corrected chi connectivity index (χ0v) is 6.85. The molecule has 0 aromatic heterocycles. The minimum absolute atomic E-state index is 0.395. The van der Waals surface area contributed by atoms with Gasteiger partial charge in [-0.25, -0.2) is 15.0 Å². The highest BCUT2D eigenvalue weighted by Crippen LogP contribution is 2.22. The molecule has 0 saturated carbocycles. The normalized spacial score (nSPS) is 10.6. The molecule has 0 unspecified atom stereocenters. The lowest BCUT2D eigenvalue weighted by Crippen LogP contribution is -2.01. The summed E-state index contributed by atoms with van der Waals surface area (Å²) >= 11 is 3.17. The lowest BCUT2D eigenvalue weighted by molar-refractivity contribution is 0.182. The van der Waals surface area contributed by atoms with Gasteiger partial charge in [0.15, 0.2) is 5.82 Å². The van der Waals surface area contributed by atoms with Crippen molar-refractivity contribution >= 4 is 15.9 Å². The molecule has 0 bridgehead atoms. The standard InChI is InChI=1S/C5H3BrN4O/c6-4-3-5(8-1-7-3)10(11)2-9-4/h1-2,11H. The number of imidazole rings is 1. The van der Waals surface area contributed by atoms with E-state index >= 15 is 0 Å². The van der Waals surface area contributed by atoms with Gasteiger partial charge in [0.1, 0.15) is 23.0 Å². The minimum Gasteiger partial charge on any atom is -0.425 e. The second-order valence-electron chi connectivity index (χ2n) is 1.93. The molecular formula is C5H3BrN4O. The lowest BCUT2D eigenvalue weighted by atomic mass is 10.4. The van der Waals surface area contributed by atoms with E-state index in [2.05, 4.69) is 30.9 Å². The average molecular weight is 215 g/mol. The number of nitrogens with zero attached hydrogens (tertiary/aromatic N) is 4. The molecule has 11 heavy (non-hydrogen) atoms. The topological polar surface area (TPSA) is 63.8 Å². The van der Waals surface area contributed by atoms with E-state index in [4.69, 9.17) is 5.21 Å². The third kappa shape index (κ3) is 0.864. The van der Waals surface area contributed by atoms with Crippen LogP contribution < -0.4 is 0 Å². The third-order valence-electron chi connectivity index (χ3n) is 1.27. The van der Waals surface area contributed by atoms with Crippen molar-refractivity contribution in [3.05, 3.63) is 17.3 Å². The molecule has 56 valence electrons. The Morgan fingerprint density at radius 2 is 2.18 bits per heavy atom. The summed E-state index contributed by atoms with van der Waals surface area (Å²) < 4.78 is 1.41. The van der Waals surface area contributed by atoms with Crippen LogP contribution >= 0.6 is 15.9 Å². The number of hydrogen-bond acceptors (Lipinski definition) is 4. The van der Waals surface area contributed by atoms with Crippen molar-refractivity contribution in [2.24, 2.45) is 0 Å². The Morgan fingerprint density at radius 1 is 1.36 bits per heavy atom. The Bertz CT molecular complexity index is 327.